The first-order chi connectivity index (χ1) is 8.23. The van der Waals surface area contributed by atoms with Crippen molar-refractivity contribution in [1.29, 1.82) is 0 Å². The Morgan fingerprint density at radius 3 is 2.61 bits per heavy atom. The SMILES string of the molecule is Cc1c2c(cc([N+](=O)[O-])c1C(=O)O)OC(F)(F)O2. The highest BCUT2D eigenvalue weighted by atomic mass is 19.3. The molecule has 9 heteroatoms. The minimum atomic E-state index is -3.96. The lowest BCUT2D eigenvalue weighted by Gasteiger charge is -2.06. The van der Waals surface area contributed by atoms with Gasteiger partial charge in [-0.15, -0.1) is 8.78 Å². The number of hydrogen-bond donors (Lipinski definition) is 1. The van der Waals surface area contributed by atoms with E-state index in [1.165, 1.54) is 0 Å². The maximum Gasteiger partial charge on any atom is 0.586 e. The summed E-state index contributed by atoms with van der Waals surface area (Å²) in [5.41, 5.74) is -1.83. The van der Waals surface area contributed by atoms with Gasteiger partial charge in [-0.2, -0.15) is 0 Å². The van der Waals surface area contributed by atoms with E-state index in [1.807, 2.05) is 0 Å². The smallest absolute Gasteiger partial charge is 0.477 e. The average Bonchev–Trinajstić information content (AvgIpc) is 2.52. The van der Waals surface area contributed by atoms with Gasteiger partial charge in [0.05, 0.1) is 11.0 Å². The van der Waals surface area contributed by atoms with Crippen LogP contribution in [0.1, 0.15) is 15.9 Å². The lowest BCUT2D eigenvalue weighted by Crippen LogP contribution is -2.26. The summed E-state index contributed by atoms with van der Waals surface area (Å²) in [5, 5.41) is 19.6. The van der Waals surface area contributed by atoms with E-state index in [-0.39, 0.29) is 5.56 Å². The van der Waals surface area contributed by atoms with Gasteiger partial charge in [0.15, 0.2) is 11.5 Å². The fourth-order valence-electron chi connectivity index (χ4n) is 1.64. The number of rotatable bonds is 2. The second-order valence-corrected chi connectivity index (χ2v) is 3.45. The maximum atomic E-state index is 12.8. The molecule has 0 atom stereocenters. The van der Waals surface area contributed by atoms with E-state index in [9.17, 15) is 23.7 Å². The number of alkyl halides is 2. The summed E-state index contributed by atoms with van der Waals surface area (Å²) in [6.07, 6.45) is -3.96. The fraction of sp³-hybridized carbons (Fsp3) is 0.222. The number of carbonyl (C=O) groups is 1. The van der Waals surface area contributed by atoms with Gasteiger partial charge >= 0.3 is 12.3 Å². The van der Waals surface area contributed by atoms with Crippen molar-refractivity contribution in [2.75, 3.05) is 0 Å². The molecule has 1 aromatic carbocycles. The molecule has 0 radical (unpaired) electrons. The zero-order valence-corrected chi connectivity index (χ0v) is 8.77. The number of carboxylic acids is 1. The van der Waals surface area contributed by atoms with Gasteiger partial charge in [-0.05, 0) is 6.92 Å². The number of ether oxygens (including phenoxy) is 2. The van der Waals surface area contributed by atoms with E-state index in [2.05, 4.69) is 9.47 Å². The van der Waals surface area contributed by atoms with Gasteiger partial charge in [0.25, 0.3) is 5.69 Å². The predicted octanol–water partition coefficient (Wildman–Crippen LogP) is 1.92. The molecule has 0 fully saturated rings. The van der Waals surface area contributed by atoms with Gasteiger partial charge in [-0.25, -0.2) is 4.79 Å². The number of nitrogens with zero attached hydrogens (tertiary/aromatic N) is 1. The molecule has 1 N–H and O–H groups in total. The predicted molar refractivity (Wildman–Crippen MR) is 51.0 cm³/mol. The number of nitro benzene ring substituents is 1. The second kappa shape index (κ2) is 3.52. The van der Waals surface area contributed by atoms with E-state index >= 15 is 0 Å². The van der Waals surface area contributed by atoms with Crippen LogP contribution in [0.2, 0.25) is 0 Å². The maximum absolute atomic E-state index is 12.8. The van der Waals surface area contributed by atoms with Crippen LogP contribution in [0.5, 0.6) is 11.5 Å². The standard InChI is InChI=1S/C9H5F2NO6/c1-3-6(8(13)14)4(12(15)16)2-5-7(3)18-9(10,11)17-5/h2H,1H3,(H,13,14). The normalized spacial score (nSPS) is 15.5. The van der Waals surface area contributed by atoms with Crippen LogP contribution in [0, 0.1) is 17.0 Å². The summed E-state index contributed by atoms with van der Waals surface area (Å²) >= 11 is 0. The zero-order chi connectivity index (χ0) is 13.7. The van der Waals surface area contributed by atoms with Crippen LogP contribution in [0.3, 0.4) is 0 Å². The molecule has 0 unspecified atom stereocenters. The van der Waals surface area contributed by atoms with Crippen LogP contribution < -0.4 is 9.47 Å². The van der Waals surface area contributed by atoms with Crippen molar-refractivity contribution < 1.29 is 33.1 Å². The molecule has 0 saturated heterocycles. The fourth-order valence-corrected chi connectivity index (χ4v) is 1.64. The van der Waals surface area contributed by atoms with Crippen LogP contribution in [0.25, 0.3) is 0 Å². The summed E-state index contributed by atoms with van der Waals surface area (Å²) in [4.78, 5) is 20.6. The van der Waals surface area contributed by atoms with Crippen molar-refractivity contribution in [2.45, 2.75) is 13.2 Å². The van der Waals surface area contributed by atoms with Gasteiger partial charge < -0.3 is 14.6 Å². The molecule has 1 aromatic rings. The highest BCUT2D eigenvalue weighted by Gasteiger charge is 2.46. The molecule has 0 aliphatic carbocycles. The number of aromatic carboxylic acids is 1. The number of hydrogen-bond acceptors (Lipinski definition) is 5. The third kappa shape index (κ3) is 1.69. The van der Waals surface area contributed by atoms with Crippen molar-refractivity contribution in [3.63, 3.8) is 0 Å². The Morgan fingerprint density at radius 2 is 2.11 bits per heavy atom. The van der Waals surface area contributed by atoms with Crippen LogP contribution in [0.15, 0.2) is 6.07 Å². The van der Waals surface area contributed by atoms with Crippen molar-refractivity contribution >= 4 is 11.7 Å². The number of halogens is 2. The first-order valence-electron chi connectivity index (χ1n) is 4.54. The minimum Gasteiger partial charge on any atom is -0.477 e. The van der Waals surface area contributed by atoms with Gasteiger partial charge in [0.1, 0.15) is 5.56 Å². The molecule has 0 amide bonds. The Balaban J connectivity index is 2.71. The molecular formula is C9H5F2NO6. The topological polar surface area (TPSA) is 98.9 Å². The van der Waals surface area contributed by atoms with Crippen molar-refractivity contribution in [3.05, 3.63) is 27.3 Å². The molecule has 2 rings (SSSR count). The van der Waals surface area contributed by atoms with Crippen LogP contribution in [-0.2, 0) is 0 Å². The third-order valence-corrected chi connectivity index (χ3v) is 2.32. The molecule has 1 heterocycles. The lowest BCUT2D eigenvalue weighted by molar-refractivity contribution is -0.385. The molecular weight excluding hydrogens is 256 g/mol. The van der Waals surface area contributed by atoms with Crippen molar-refractivity contribution in [2.24, 2.45) is 0 Å². The Hall–Kier alpha value is -2.45. The minimum absolute atomic E-state index is 0.288. The molecule has 0 bridgehead atoms. The van der Waals surface area contributed by atoms with E-state index in [0.29, 0.717) is 6.07 Å². The van der Waals surface area contributed by atoms with Crippen molar-refractivity contribution in [1.82, 2.24) is 0 Å². The number of carboxylic acid groups (broad SMARTS) is 1. The third-order valence-electron chi connectivity index (χ3n) is 2.32. The Morgan fingerprint density at radius 1 is 1.50 bits per heavy atom. The van der Waals surface area contributed by atoms with Crippen LogP contribution in [0.4, 0.5) is 14.5 Å². The average molecular weight is 261 g/mol. The van der Waals surface area contributed by atoms with E-state index < -0.39 is 39.9 Å². The Bertz CT molecular complexity index is 571. The Kier molecular flexibility index (Phi) is 2.35. The quantitative estimate of drug-likeness (QED) is 0.645. The molecule has 7 nitrogen and oxygen atoms in total. The monoisotopic (exact) mass is 261 g/mol. The molecule has 0 aromatic heterocycles. The lowest BCUT2D eigenvalue weighted by atomic mass is 10.0. The van der Waals surface area contributed by atoms with Crippen molar-refractivity contribution in [3.8, 4) is 11.5 Å². The van der Waals surface area contributed by atoms with Gasteiger partial charge in [0, 0.05) is 5.56 Å². The molecule has 96 valence electrons. The van der Waals surface area contributed by atoms with E-state index in [0.717, 1.165) is 6.92 Å². The summed E-state index contributed by atoms with van der Waals surface area (Å²) in [6, 6.07) is 0.604. The van der Waals surface area contributed by atoms with Gasteiger partial charge in [-0.3, -0.25) is 10.1 Å². The van der Waals surface area contributed by atoms with Gasteiger partial charge in [0.2, 0.25) is 0 Å². The highest BCUT2D eigenvalue weighted by Crippen LogP contribution is 2.47. The molecule has 0 saturated carbocycles. The molecule has 0 spiro atoms. The molecule has 1 aliphatic heterocycles. The first kappa shape index (κ1) is 12.0. The zero-order valence-electron chi connectivity index (χ0n) is 8.77. The highest BCUT2D eigenvalue weighted by molar-refractivity contribution is 5.95. The number of fused-ring (bicyclic) bond motifs is 1. The number of benzene rings is 1. The molecule has 18 heavy (non-hydrogen) atoms. The van der Waals surface area contributed by atoms with Crippen LogP contribution in [-0.4, -0.2) is 22.3 Å². The largest absolute Gasteiger partial charge is 0.586 e. The first-order valence-corrected chi connectivity index (χ1v) is 4.54. The summed E-state index contributed by atoms with van der Waals surface area (Å²) in [7, 11) is 0. The van der Waals surface area contributed by atoms with E-state index in [4.69, 9.17) is 5.11 Å². The van der Waals surface area contributed by atoms with Gasteiger partial charge in [-0.1, -0.05) is 0 Å². The summed E-state index contributed by atoms with van der Waals surface area (Å²) in [6.45, 7) is 1.13. The summed E-state index contributed by atoms with van der Waals surface area (Å²) < 4.78 is 33.8. The summed E-state index contributed by atoms with van der Waals surface area (Å²) in [5.74, 6) is -2.68. The molecule has 1 aliphatic rings. The number of nitro groups is 1. The Labute approximate surface area is 97.7 Å². The second-order valence-electron chi connectivity index (χ2n) is 3.45. The van der Waals surface area contributed by atoms with Crippen LogP contribution >= 0.6 is 0 Å². The van der Waals surface area contributed by atoms with E-state index in [1.54, 1.807) is 0 Å².